The van der Waals surface area contributed by atoms with Gasteiger partial charge in [-0.3, -0.25) is 4.90 Å². The third-order valence-corrected chi connectivity index (χ3v) is 3.99. The number of nitrogens with zero attached hydrogens (tertiary/aromatic N) is 1. The van der Waals surface area contributed by atoms with Crippen LogP contribution in [0.15, 0.2) is 35.5 Å². The summed E-state index contributed by atoms with van der Waals surface area (Å²) in [5.41, 5.74) is -0.812. The maximum Gasteiger partial charge on any atom is 0.416 e. The van der Waals surface area contributed by atoms with Crippen molar-refractivity contribution in [2.45, 2.75) is 33.0 Å². The van der Waals surface area contributed by atoms with E-state index in [9.17, 15) is 22.8 Å². The number of rotatable bonds is 4. The lowest BCUT2D eigenvalue weighted by atomic mass is 9.91. The van der Waals surface area contributed by atoms with Gasteiger partial charge in [-0.1, -0.05) is 18.2 Å². The molecule has 1 atom stereocenters. The van der Waals surface area contributed by atoms with E-state index in [2.05, 4.69) is 5.32 Å². The molecule has 1 aromatic rings. The molecule has 2 rings (SSSR count). The van der Waals surface area contributed by atoms with Crippen LogP contribution in [0.3, 0.4) is 0 Å². The number of urea groups is 1. The second-order valence-corrected chi connectivity index (χ2v) is 5.43. The first-order chi connectivity index (χ1) is 11.7. The molecule has 0 bridgehead atoms. The number of alkyl halides is 3. The summed E-state index contributed by atoms with van der Waals surface area (Å²) in [6.45, 7) is 5.18. The van der Waals surface area contributed by atoms with Crippen LogP contribution in [0, 0.1) is 0 Å². The largest absolute Gasteiger partial charge is 0.463 e. The summed E-state index contributed by atoms with van der Waals surface area (Å²) in [7, 11) is 0. The quantitative estimate of drug-likeness (QED) is 0.838. The van der Waals surface area contributed by atoms with Crippen LogP contribution in [-0.4, -0.2) is 30.1 Å². The Bertz CT molecular complexity index is 713. The Kier molecular flexibility index (Phi) is 5.39. The minimum absolute atomic E-state index is 0.000000000000000222. The second-order valence-electron chi connectivity index (χ2n) is 5.43. The van der Waals surface area contributed by atoms with Crippen LogP contribution >= 0.6 is 0 Å². The molecule has 0 aromatic heterocycles. The Balaban J connectivity index is 2.65. The molecule has 0 saturated carbocycles. The number of carbonyl (C=O) groups is 2. The molecular weight excluding hydrogens is 337 g/mol. The predicted octanol–water partition coefficient (Wildman–Crippen LogP) is 3.63. The zero-order valence-corrected chi connectivity index (χ0v) is 14.1. The average Bonchev–Trinajstić information content (AvgIpc) is 2.54. The maximum atomic E-state index is 13.4. The summed E-state index contributed by atoms with van der Waals surface area (Å²) in [6.07, 6.45) is -4.61. The van der Waals surface area contributed by atoms with Gasteiger partial charge in [-0.15, -0.1) is 0 Å². The van der Waals surface area contributed by atoms with Crippen LogP contribution < -0.4 is 5.32 Å². The normalized spacial score (nSPS) is 18.2. The summed E-state index contributed by atoms with van der Waals surface area (Å²) in [5.74, 6) is -0.750. The topological polar surface area (TPSA) is 58.6 Å². The molecule has 2 amide bonds. The Morgan fingerprint density at radius 1 is 1.28 bits per heavy atom. The highest BCUT2D eigenvalue weighted by Crippen LogP contribution is 2.39. The molecule has 136 valence electrons. The number of allylic oxidation sites excluding steroid dienone is 1. The highest BCUT2D eigenvalue weighted by atomic mass is 19.4. The van der Waals surface area contributed by atoms with E-state index >= 15 is 0 Å². The molecule has 0 saturated heterocycles. The second kappa shape index (κ2) is 7.16. The van der Waals surface area contributed by atoms with Crippen LogP contribution in [0.2, 0.25) is 0 Å². The third-order valence-electron chi connectivity index (χ3n) is 3.99. The Morgan fingerprint density at radius 2 is 1.92 bits per heavy atom. The summed E-state index contributed by atoms with van der Waals surface area (Å²) < 4.78 is 45.1. The standard InChI is InChI=1S/C17H19F3N2O3/c1-4-22-10(3)13(15(23)25-5-2)14(21-16(22)24)11-8-6-7-9-12(11)17(18,19)20/h6-9,14H,4-5H2,1-3H3,(H,21,24). The first-order valence-corrected chi connectivity index (χ1v) is 7.84. The van der Waals surface area contributed by atoms with E-state index in [1.54, 1.807) is 13.8 Å². The smallest absolute Gasteiger partial charge is 0.416 e. The van der Waals surface area contributed by atoms with Gasteiger partial charge in [-0.2, -0.15) is 13.2 Å². The number of carbonyl (C=O) groups excluding carboxylic acids is 2. The van der Waals surface area contributed by atoms with E-state index in [1.807, 2.05) is 0 Å². The molecule has 1 unspecified atom stereocenters. The Labute approximate surface area is 143 Å². The number of hydrogen-bond acceptors (Lipinski definition) is 3. The van der Waals surface area contributed by atoms with E-state index in [1.165, 1.54) is 30.0 Å². The summed E-state index contributed by atoms with van der Waals surface area (Å²) in [6, 6.07) is 3.08. The van der Waals surface area contributed by atoms with Crippen molar-refractivity contribution in [3.05, 3.63) is 46.7 Å². The van der Waals surface area contributed by atoms with Crippen molar-refractivity contribution in [3.63, 3.8) is 0 Å². The highest BCUT2D eigenvalue weighted by molar-refractivity contribution is 5.95. The lowest BCUT2D eigenvalue weighted by Crippen LogP contribution is -2.48. The predicted molar refractivity (Wildman–Crippen MR) is 84.4 cm³/mol. The fraction of sp³-hybridized carbons (Fsp3) is 0.412. The minimum Gasteiger partial charge on any atom is -0.463 e. The SMILES string of the molecule is CCOC(=O)C1=C(C)N(CC)C(=O)NC1c1ccccc1C(F)(F)F. The number of nitrogens with one attached hydrogen (secondary N) is 1. The van der Waals surface area contributed by atoms with Crippen molar-refractivity contribution in [2.75, 3.05) is 13.2 Å². The van der Waals surface area contributed by atoms with Crippen molar-refractivity contribution in [1.29, 1.82) is 0 Å². The van der Waals surface area contributed by atoms with Crippen molar-refractivity contribution in [2.24, 2.45) is 0 Å². The zero-order valence-electron chi connectivity index (χ0n) is 14.1. The lowest BCUT2D eigenvalue weighted by molar-refractivity contribution is -0.141. The van der Waals surface area contributed by atoms with Gasteiger partial charge < -0.3 is 10.1 Å². The fourth-order valence-electron chi connectivity index (χ4n) is 2.88. The van der Waals surface area contributed by atoms with Gasteiger partial charge in [0.2, 0.25) is 0 Å². The lowest BCUT2D eigenvalue weighted by Gasteiger charge is -2.35. The number of halogens is 3. The van der Waals surface area contributed by atoms with Gasteiger partial charge in [-0.05, 0) is 32.4 Å². The molecule has 5 nitrogen and oxygen atoms in total. The van der Waals surface area contributed by atoms with Crippen LogP contribution in [0.1, 0.15) is 37.9 Å². The number of benzene rings is 1. The molecule has 8 heteroatoms. The van der Waals surface area contributed by atoms with Gasteiger partial charge in [0.05, 0.1) is 23.8 Å². The van der Waals surface area contributed by atoms with E-state index in [0.29, 0.717) is 0 Å². The van der Waals surface area contributed by atoms with Crippen LogP contribution in [0.4, 0.5) is 18.0 Å². The minimum atomic E-state index is -4.61. The summed E-state index contributed by atoms with van der Waals surface area (Å²) in [4.78, 5) is 25.9. The maximum absolute atomic E-state index is 13.4. The van der Waals surface area contributed by atoms with E-state index < -0.39 is 29.8 Å². The molecule has 1 aliphatic heterocycles. The highest BCUT2D eigenvalue weighted by Gasteiger charge is 2.41. The fourth-order valence-corrected chi connectivity index (χ4v) is 2.88. The van der Waals surface area contributed by atoms with Gasteiger partial charge in [0.15, 0.2) is 0 Å². The molecule has 0 spiro atoms. The van der Waals surface area contributed by atoms with Crippen molar-refractivity contribution in [3.8, 4) is 0 Å². The first-order valence-electron chi connectivity index (χ1n) is 7.84. The first kappa shape index (κ1) is 18.8. The Hall–Kier alpha value is -2.51. The van der Waals surface area contributed by atoms with Gasteiger partial charge in [0.25, 0.3) is 0 Å². The number of ether oxygens (including phenoxy) is 1. The molecule has 1 heterocycles. The van der Waals surface area contributed by atoms with Crippen LogP contribution in [-0.2, 0) is 15.7 Å². The summed E-state index contributed by atoms with van der Waals surface area (Å²) >= 11 is 0. The van der Waals surface area contributed by atoms with Gasteiger partial charge >= 0.3 is 18.2 Å². The van der Waals surface area contributed by atoms with Crippen LogP contribution in [0.25, 0.3) is 0 Å². The molecule has 0 radical (unpaired) electrons. The van der Waals surface area contributed by atoms with Crippen LogP contribution in [0.5, 0.6) is 0 Å². The van der Waals surface area contributed by atoms with E-state index in [4.69, 9.17) is 4.74 Å². The molecule has 0 fully saturated rings. The molecule has 1 N–H and O–H groups in total. The number of amides is 2. The van der Waals surface area contributed by atoms with Gasteiger partial charge in [0, 0.05) is 12.2 Å². The zero-order chi connectivity index (χ0) is 18.8. The Morgan fingerprint density at radius 3 is 2.48 bits per heavy atom. The molecule has 25 heavy (non-hydrogen) atoms. The molecular formula is C17H19F3N2O3. The molecule has 1 aromatic carbocycles. The van der Waals surface area contributed by atoms with E-state index in [0.717, 1.165) is 6.07 Å². The van der Waals surface area contributed by atoms with Gasteiger partial charge in [-0.25, -0.2) is 9.59 Å². The van der Waals surface area contributed by atoms with Gasteiger partial charge in [0.1, 0.15) is 0 Å². The van der Waals surface area contributed by atoms with Crippen molar-refractivity contribution < 1.29 is 27.5 Å². The monoisotopic (exact) mass is 356 g/mol. The molecule has 0 aliphatic carbocycles. The number of hydrogen-bond donors (Lipinski definition) is 1. The van der Waals surface area contributed by atoms with Crippen molar-refractivity contribution >= 4 is 12.0 Å². The third kappa shape index (κ3) is 3.62. The summed E-state index contributed by atoms with van der Waals surface area (Å²) in [5, 5.41) is 2.49. The average molecular weight is 356 g/mol. The molecule has 1 aliphatic rings. The van der Waals surface area contributed by atoms with E-state index in [-0.39, 0.29) is 30.0 Å². The van der Waals surface area contributed by atoms with Crippen molar-refractivity contribution in [1.82, 2.24) is 10.2 Å². The number of esters is 1.